The average molecular weight is 397 g/mol. The molecule has 4 aliphatic rings. The van der Waals surface area contributed by atoms with Crippen LogP contribution in [0.1, 0.15) is 42.0 Å². The molecule has 0 saturated carbocycles. The number of piperidine rings is 3. The summed E-state index contributed by atoms with van der Waals surface area (Å²) in [5.74, 6) is 1.36. The summed E-state index contributed by atoms with van der Waals surface area (Å²) < 4.78 is 0. The largest absolute Gasteiger partial charge is 0.375 e. The molecule has 5 nitrogen and oxygen atoms in total. The minimum atomic E-state index is 0.282. The van der Waals surface area contributed by atoms with Gasteiger partial charge in [-0.25, -0.2) is 4.98 Å². The summed E-state index contributed by atoms with van der Waals surface area (Å²) in [7, 11) is 0. The molecule has 0 aliphatic carbocycles. The van der Waals surface area contributed by atoms with E-state index in [1.807, 2.05) is 5.38 Å². The van der Waals surface area contributed by atoms with Crippen LogP contribution in [0.5, 0.6) is 0 Å². The summed E-state index contributed by atoms with van der Waals surface area (Å²) in [4.78, 5) is 22.4. The molecule has 2 bridgehead atoms. The SMILES string of the molecule is Cc1ccc([C@@H]2CN(C(=O)CCc3csc(N)n3)[C@@H]3C4CCN(CC4)[C@@H]32)cc1. The quantitative estimate of drug-likeness (QED) is 0.863. The van der Waals surface area contributed by atoms with Crippen LogP contribution in [0.2, 0.25) is 0 Å². The number of hydrogen-bond acceptors (Lipinski definition) is 5. The second kappa shape index (κ2) is 7.16. The second-order valence-corrected chi connectivity index (χ2v) is 9.48. The number of nitrogens with two attached hydrogens (primary N) is 1. The number of fused-ring (bicyclic) bond motifs is 2. The van der Waals surface area contributed by atoms with Crippen LogP contribution < -0.4 is 5.73 Å². The molecule has 2 aromatic rings. The molecular formula is C22H28N4OS. The van der Waals surface area contributed by atoms with Gasteiger partial charge >= 0.3 is 0 Å². The fourth-order valence-corrected chi connectivity index (χ4v) is 6.22. The topological polar surface area (TPSA) is 62.5 Å². The van der Waals surface area contributed by atoms with Gasteiger partial charge in [0.2, 0.25) is 5.91 Å². The van der Waals surface area contributed by atoms with E-state index in [9.17, 15) is 4.79 Å². The average Bonchev–Trinajstić information content (AvgIpc) is 3.33. The van der Waals surface area contributed by atoms with Crippen LogP contribution in [-0.4, -0.2) is 52.4 Å². The van der Waals surface area contributed by atoms with Crippen LogP contribution >= 0.6 is 11.3 Å². The maximum absolute atomic E-state index is 13.2. The van der Waals surface area contributed by atoms with Gasteiger partial charge in [0.1, 0.15) is 0 Å². The third-order valence-corrected chi connectivity index (χ3v) is 7.71. The number of carbonyl (C=O) groups excluding carboxylic acids is 1. The molecule has 5 heterocycles. The van der Waals surface area contributed by atoms with Crippen LogP contribution in [0.15, 0.2) is 29.6 Å². The van der Waals surface area contributed by atoms with Gasteiger partial charge in [-0.05, 0) is 50.8 Å². The predicted molar refractivity (Wildman–Crippen MR) is 112 cm³/mol. The molecule has 1 aromatic carbocycles. The summed E-state index contributed by atoms with van der Waals surface area (Å²) in [6.07, 6.45) is 3.67. The highest BCUT2D eigenvalue weighted by Crippen LogP contribution is 2.46. The van der Waals surface area contributed by atoms with E-state index in [0.29, 0.717) is 41.9 Å². The Balaban J connectivity index is 1.38. The molecule has 0 spiro atoms. The number of nitrogens with zero attached hydrogens (tertiary/aromatic N) is 3. The van der Waals surface area contributed by atoms with Crippen molar-refractivity contribution < 1.29 is 4.79 Å². The van der Waals surface area contributed by atoms with Crippen molar-refractivity contribution in [3.63, 3.8) is 0 Å². The number of hydrogen-bond donors (Lipinski definition) is 1. The number of nitrogen functional groups attached to an aromatic ring is 1. The molecule has 0 radical (unpaired) electrons. The molecule has 2 N–H and O–H groups in total. The smallest absolute Gasteiger partial charge is 0.223 e. The second-order valence-electron chi connectivity index (χ2n) is 8.59. The minimum Gasteiger partial charge on any atom is -0.375 e. The highest BCUT2D eigenvalue weighted by molar-refractivity contribution is 7.13. The number of benzene rings is 1. The van der Waals surface area contributed by atoms with E-state index >= 15 is 0 Å². The highest BCUT2D eigenvalue weighted by Gasteiger charge is 2.54. The number of thiazole rings is 1. The van der Waals surface area contributed by atoms with Gasteiger partial charge in [-0.3, -0.25) is 9.69 Å². The van der Waals surface area contributed by atoms with Gasteiger partial charge < -0.3 is 10.6 Å². The third kappa shape index (κ3) is 3.12. The summed E-state index contributed by atoms with van der Waals surface area (Å²) >= 11 is 1.45. The first-order valence-corrected chi connectivity index (χ1v) is 11.3. The lowest BCUT2D eigenvalue weighted by molar-refractivity contribution is -0.135. The van der Waals surface area contributed by atoms with Crippen LogP contribution in [0, 0.1) is 12.8 Å². The van der Waals surface area contributed by atoms with Crippen LogP contribution in [0.3, 0.4) is 0 Å². The lowest BCUT2D eigenvalue weighted by Crippen LogP contribution is -2.60. The molecular weight excluding hydrogens is 368 g/mol. The standard InChI is InChI=1S/C22H28N4OS/c1-14-2-4-15(5-3-14)18-12-26(19(27)7-6-17-13-28-22(23)24-17)20-16-8-10-25(11-9-16)21(18)20/h2-5,13,16,18,20-21H,6-12H2,1H3,(H2,23,24)/t18-,20+,21+/m0/s1. The van der Waals surface area contributed by atoms with Gasteiger partial charge in [0.15, 0.2) is 5.13 Å². The lowest BCUT2D eigenvalue weighted by atomic mass is 9.75. The number of likely N-dealkylation sites (tertiary alicyclic amines) is 1. The fourth-order valence-electron chi connectivity index (χ4n) is 5.63. The zero-order valence-electron chi connectivity index (χ0n) is 16.4. The van der Waals surface area contributed by atoms with E-state index in [-0.39, 0.29) is 5.91 Å². The van der Waals surface area contributed by atoms with Gasteiger partial charge in [0, 0.05) is 30.3 Å². The van der Waals surface area contributed by atoms with Gasteiger partial charge in [0.25, 0.3) is 0 Å². The molecule has 148 valence electrons. The zero-order chi connectivity index (χ0) is 19.3. The van der Waals surface area contributed by atoms with Crippen molar-refractivity contribution in [2.24, 2.45) is 5.92 Å². The van der Waals surface area contributed by atoms with Gasteiger partial charge in [-0.15, -0.1) is 11.3 Å². The molecule has 6 heteroatoms. The molecule has 28 heavy (non-hydrogen) atoms. The molecule has 4 fully saturated rings. The van der Waals surface area contributed by atoms with Crippen molar-refractivity contribution in [1.29, 1.82) is 0 Å². The molecule has 4 aliphatic heterocycles. The fraction of sp³-hybridized carbons (Fsp3) is 0.545. The van der Waals surface area contributed by atoms with E-state index in [4.69, 9.17) is 5.73 Å². The molecule has 1 amide bonds. The van der Waals surface area contributed by atoms with E-state index in [1.165, 1.54) is 48.4 Å². The number of aryl methyl sites for hydroxylation is 2. The number of anilines is 1. The zero-order valence-corrected chi connectivity index (χ0v) is 17.2. The molecule has 6 rings (SSSR count). The van der Waals surface area contributed by atoms with Crippen molar-refractivity contribution in [2.45, 2.75) is 50.6 Å². The van der Waals surface area contributed by atoms with Crippen molar-refractivity contribution >= 4 is 22.4 Å². The Morgan fingerprint density at radius 2 is 1.96 bits per heavy atom. The lowest BCUT2D eigenvalue weighted by Gasteiger charge is -2.51. The first-order valence-electron chi connectivity index (χ1n) is 10.4. The van der Waals surface area contributed by atoms with Gasteiger partial charge in [-0.1, -0.05) is 29.8 Å². The molecule has 1 aromatic heterocycles. The van der Waals surface area contributed by atoms with E-state index in [2.05, 4.69) is 46.0 Å². The predicted octanol–water partition coefficient (Wildman–Crippen LogP) is 3.06. The van der Waals surface area contributed by atoms with Gasteiger partial charge in [0.05, 0.1) is 11.7 Å². The van der Waals surface area contributed by atoms with Crippen molar-refractivity contribution in [1.82, 2.24) is 14.8 Å². The molecule has 4 saturated heterocycles. The number of aromatic nitrogens is 1. The van der Waals surface area contributed by atoms with Crippen LogP contribution in [-0.2, 0) is 11.2 Å². The Kier molecular flexibility index (Phi) is 4.63. The van der Waals surface area contributed by atoms with E-state index in [0.717, 1.165) is 12.2 Å². The van der Waals surface area contributed by atoms with Crippen molar-refractivity contribution in [2.75, 3.05) is 25.4 Å². The summed E-state index contributed by atoms with van der Waals surface area (Å²) in [5, 5.41) is 2.55. The first-order chi connectivity index (χ1) is 13.6. The molecule has 3 atom stereocenters. The Morgan fingerprint density at radius 3 is 2.64 bits per heavy atom. The third-order valence-electron chi connectivity index (χ3n) is 6.98. The Bertz CT molecular complexity index is 856. The van der Waals surface area contributed by atoms with Crippen LogP contribution in [0.4, 0.5) is 5.13 Å². The maximum atomic E-state index is 13.2. The summed E-state index contributed by atoms with van der Waals surface area (Å²) in [6, 6.07) is 9.81. The summed E-state index contributed by atoms with van der Waals surface area (Å²) in [5.41, 5.74) is 9.35. The number of amides is 1. The van der Waals surface area contributed by atoms with E-state index in [1.54, 1.807) is 0 Å². The first kappa shape index (κ1) is 18.1. The Labute approximate surface area is 170 Å². The van der Waals surface area contributed by atoms with Crippen molar-refractivity contribution in [3.8, 4) is 0 Å². The van der Waals surface area contributed by atoms with Crippen LogP contribution in [0.25, 0.3) is 0 Å². The number of rotatable bonds is 4. The Morgan fingerprint density at radius 1 is 1.21 bits per heavy atom. The van der Waals surface area contributed by atoms with E-state index < -0.39 is 0 Å². The van der Waals surface area contributed by atoms with Gasteiger partial charge in [-0.2, -0.15) is 0 Å². The normalized spacial score (nSPS) is 31.2. The van der Waals surface area contributed by atoms with Crippen molar-refractivity contribution in [3.05, 3.63) is 46.5 Å². The number of carbonyl (C=O) groups is 1. The summed E-state index contributed by atoms with van der Waals surface area (Å²) in [6.45, 7) is 5.36. The highest BCUT2D eigenvalue weighted by atomic mass is 32.1. The monoisotopic (exact) mass is 396 g/mol. The minimum absolute atomic E-state index is 0.282. The molecule has 0 unspecified atom stereocenters. The maximum Gasteiger partial charge on any atom is 0.223 e. The Hall–Kier alpha value is -1.92.